The van der Waals surface area contributed by atoms with Crippen LogP contribution in [0.25, 0.3) is 17.7 Å². The van der Waals surface area contributed by atoms with E-state index in [9.17, 15) is 14.4 Å². The molecule has 36 heavy (non-hydrogen) atoms. The van der Waals surface area contributed by atoms with Crippen LogP contribution in [0.1, 0.15) is 32.9 Å². The molecular weight excluding hydrogens is 458 g/mol. The molecule has 0 aliphatic carbocycles. The second-order valence-electron chi connectivity index (χ2n) is 8.29. The summed E-state index contributed by atoms with van der Waals surface area (Å²) in [5, 5.41) is 5.63. The molecule has 4 aromatic rings. The van der Waals surface area contributed by atoms with Gasteiger partial charge in [-0.25, -0.2) is 9.97 Å². The molecule has 1 aliphatic rings. The minimum absolute atomic E-state index is 0.0740. The number of benzene rings is 1. The van der Waals surface area contributed by atoms with Gasteiger partial charge in [-0.15, -0.1) is 0 Å². The third kappa shape index (κ3) is 4.64. The van der Waals surface area contributed by atoms with Gasteiger partial charge in [-0.2, -0.15) is 0 Å². The Labute approximate surface area is 206 Å². The van der Waals surface area contributed by atoms with E-state index in [0.29, 0.717) is 12.1 Å². The summed E-state index contributed by atoms with van der Waals surface area (Å²) in [5.41, 5.74) is 4.26. The Balaban J connectivity index is 1.23. The molecule has 180 valence electrons. The van der Waals surface area contributed by atoms with Gasteiger partial charge in [-0.05, 0) is 29.8 Å². The summed E-state index contributed by atoms with van der Waals surface area (Å²) in [6, 6.07) is 8.83. The maximum atomic E-state index is 12.8. The highest BCUT2D eigenvalue weighted by molar-refractivity contribution is 6.34. The number of aryl methyl sites for hydroxylation is 1. The average molecular weight is 482 g/mol. The third-order valence-corrected chi connectivity index (χ3v) is 5.85. The van der Waals surface area contributed by atoms with Gasteiger partial charge < -0.3 is 24.8 Å². The molecule has 0 fully saturated rings. The summed E-state index contributed by atoms with van der Waals surface area (Å²) < 4.78 is 3.31. The van der Waals surface area contributed by atoms with Crippen molar-refractivity contribution in [2.75, 3.05) is 11.9 Å². The molecule has 10 heteroatoms. The highest BCUT2D eigenvalue weighted by Crippen LogP contribution is 2.33. The van der Waals surface area contributed by atoms with E-state index in [2.05, 4.69) is 25.6 Å². The maximum Gasteiger partial charge on any atom is 0.263 e. The minimum Gasteiger partial charge on any atom is -0.348 e. The zero-order chi connectivity index (χ0) is 25.1. The molecule has 0 spiro atoms. The molecule has 0 bridgehead atoms. The Kier molecular flexibility index (Phi) is 6.14. The predicted octanol–water partition coefficient (Wildman–Crippen LogP) is 2.29. The van der Waals surface area contributed by atoms with E-state index in [1.165, 1.54) is 10.6 Å². The van der Waals surface area contributed by atoms with E-state index in [0.717, 1.165) is 28.2 Å². The topological polar surface area (TPSA) is 127 Å². The first-order valence-corrected chi connectivity index (χ1v) is 11.2. The van der Waals surface area contributed by atoms with Crippen molar-refractivity contribution in [3.63, 3.8) is 0 Å². The smallest absolute Gasteiger partial charge is 0.263 e. The van der Waals surface area contributed by atoms with Crippen molar-refractivity contribution < 1.29 is 9.59 Å². The molecule has 0 radical (unpaired) electrons. The van der Waals surface area contributed by atoms with Gasteiger partial charge in [0.25, 0.3) is 17.4 Å². The Morgan fingerprint density at radius 3 is 2.83 bits per heavy atom. The van der Waals surface area contributed by atoms with Crippen LogP contribution in [0, 0.1) is 0 Å². The molecule has 4 heterocycles. The lowest BCUT2D eigenvalue weighted by Gasteiger charge is -2.08. The lowest BCUT2D eigenvalue weighted by atomic mass is 10.0. The largest absolute Gasteiger partial charge is 0.348 e. The zero-order valence-electron chi connectivity index (χ0n) is 19.4. The van der Waals surface area contributed by atoms with Crippen LogP contribution in [-0.2, 0) is 18.4 Å². The van der Waals surface area contributed by atoms with Crippen molar-refractivity contribution in [3.05, 3.63) is 106 Å². The van der Waals surface area contributed by atoms with E-state index >= 15 is 0 Å². The summed E-state index contributed by atoms with van der Waals surface area (Å²) in [4.78, 5) is 48.8. The number of nitrogens with zero attached hydrogens (tertiary/aromatic N) is 4. The van der Waals surface area contributed by atoms with Crippen LogP contribution in [0.2, 0.25) is 0 Å². The standard InChI is InChI=1S/C26H23N7O3/c1-32-16-28-13-19(32)14-33-9-3-5-21(26(33)36)24(34)29-8-2-4-17-6-7-20-22(11-18-12-27-15-30-18)25(35)31-23(20)10-17/h2-7,9-13,15-16H,8,14H2,1H3,(H,27,30)(H,29,34)(H,31,35)/b4-2+,22-11?. The molecular formula is C26H23N7O3. The first-order valence-electron chi connectivity index (χ1n) is 11.2. The van der Waals surface area contributed by atoms with Gasteiger partial charge in [0, 0.05) is 37.2 Å². The van der Waals surface area contributed by atoms with Gasteiger partial charge >= 0.3 is 0 Å². The van der Waals surface area contributed by atoms with Crippen molar-refractivity contribution in [1.82, 2.24) is 29.4 Å². The summed E-state index contributed by atoms with van der Waals surface area (Å²) in [5.74, 6) is -0.622. The number of aromatic nitrogens is 5. The molecule has 3 aromatic heterocycles. The zero-order valence-corrected chi connectivity index (χ0v) is 19.4. The summed E-state index contributed by atoms with van der Waals surface area (Å²) in [7, 11) is 1.85. The summed E-state index contributed by atoms with van der Waals surface area (Å²) in [6.45, 7) is 0.563. The van der Waals surface area contributed by atoms with Crippen molar-refractivity contribution in [1.29, 1.82) is 0 Å². The van der Waals surface area contributed by atoms with Gasteiger partial charge in [0.1, 0.15) is 5.56 Å². The van der Waals surface area contributed by atoms with Crippen LogP contribution in [0.5, 0.6) is 0 Å². The van der Waals surface area contributed by atoms with Gasteiger partial charge in [-0.3, -0.25) is 14.4 Å². The number of carbonyl (C=O) groups is 2. The molecule has 3 N–H and O–H groups in total. The minimum atomic E-state index is -0.446. The number of rotatable bonds is 7. The van der Waals surface area contributed by atoms with Gasteiger partial charge in [0.05, 0.1) is 42.4 Å². The van der Waals surface area contributed by atoms with Crippen molar-refractivity contribution in [2.24, 2.45) is 7.05 Å². The van der Waals surface area contributed by atoms with Gasteiger partial charge in [0.2, 0.25) is 0 Å². The second kappa shape index (κ2) is 9.71. The number of amides is 2. The van der Waals surface area contributed by atoms with Crippen LogP contribution in [0.4, 0.5) is 5.69 Å². The van der Waals surface area contributed by atoms with E-state index in [-0.39, 0.29) is 23.6 Å². The van der Waals surface area contributed by atoms with Crippen molar-refractivity contribution in [3.8, 4) is 0 Å². The molecule has 5 rings (SSSR count). The highest BCUT2D eigenvalue weighted by Gasteiger charge is 2.24. The Morgan fingerprint density at radius 2 is 2.06 bits per heavy atom. The lowest BCUT2D eigenvalue weighted by molar-refractivity contribution is -0.110. The van der Waals surface area contributed by atoms with Crippen LogP contribution in [-0.4, -0.2) is 42.4 Å². The average Bonchev–Trinajstić information content (AvgIpc) is 3.60. The number of imidazole rings is 2. The fourth-order valence-electron chi connectivity index (χ4n) is 3.95. The number of aromatic amines is 1. The van der Waals surface area contributed by atoms with Crippen LogP contribution in [0.3, 0.4) is 0 Å². The number of hydrogen-bond donors (Lipinski definition) is 3. The monoisotopic (exact) mass is 481 g/mol. The summed E-state index contributed by atoms with van der Waals surface area (Å²) in [6.07, 6.45) is 13.6. The Morgan fingerprint density at radius 1 is 1.17 bits per heavy atom. The quantitative estimate of drug-likeness (QED) is 0.349. The maximum absolute atomic E-state index is 12.8. The lowest BCUT2D eigenvalue weighted by Crippen LogP contribution is -2.33. The molecule has 2 amide bonds. The van der Waals surface area contributed by atoms with Crippen LogP contribution < -0.4 is 16.2 Å². The van der Waals surface area contributed by atoms with E-state index < -0.39 is 5.91 Å². The van der Waals surface area contributed by atoms with E-state index in [1.54, 1.807) is 49.5 Å². The molecule has 10 nitrogen and oxygen atoms in total. The first-order chi connectivity index (χ1) is 17.5. The number of nitrogens with one attached hydrogen (secondary N) is 3. The SMILES string of the molecule is Cn1cncc1Cn1cccc(C(=O)NC/C=C/c2ccc3c(c2)NC(=O)C3=Cc2cnc[nH]2)c1=O. The van der Waals surface area contributed by atoms with Gasteiger partial charge in [0.15, 0.2) is 0 Å². The van der Waals surface area contributed by atoms with Crippen molar-refractivity contribution >= 4 is 35.2 Å². The van der Waals surface area contributed by atoms with E-state index in [4.69, 9.17) is 0 Å². The molecule has 0 saturated heterocycles. The second-order valence-corrected chi connectivity index (χ2v) is 8.29. The first kappa shape index (κ1) is 22.8. The van der Waals surface area contributed by atoms with Crippen LogP contribution >= 0.6 is 0 Å². The Bertz CT molecular complexity index is 1560. The fourth-order valence-corrected chi connectivity index (χ4v) is 3.95. The van der Waals surface area contributed by atoms with Crippen molar-refractivity contribution in [2.45, 2.75) is 6.54 Å². The Hall–Kier alpha value is -4.99. The molecule has 1 aromatic carbocycles. The summed E-state index contributed by atoms with van der Waals surface area (Å²) >= 11 is 0. The number of anilines is 1. The third-order valence-electron chi connectivity index (χ3n) is 5.85. The molecule has 0 unspecified atom stereocenters. The molecule has 1 aliphatic heterocycles. The predicted molar refractivity (Wildman–Crippen MR) is 136 cm³/mol. The van der Waals surface area contributed by atoms with Crippen LogP contribution in [0.15, 0.2) is 72.4 Å². The molecule has 0 saturated carbocycles. The van der Waals surface area contributed by atoms with Gasteiger partial charge in [-0.1, -0.05) is 24.3 Å². The van der Waals surface area contributed by atoms with E-state index in [1.807, 2.05) is 35.9 Å². The molecule has 0 atom stereocenters. The normalized spacial score (nSPS) is 13.8. The number of carbonyl (C=O) groups excluding carboxylic acids is 2. The number of pyridine rings is 1. The number of fused-ring (bicyclic) bond motifs is 1. The fraction of sp³-hybridized carbons (Fsp3) is 0.115. The highest BCUT2D eigenvalue weighted by atomic mass is 16.2. The number of hydrogen-bond acceptors (Lipinski definition) is 5. The number of H-pyrrole nitrogens is 1.